The molecule has 0 atom stereocenters. The van der Waals surface area contributed by atoms with Gasteiger partial charge in [0.15, 0.2) is 0 Å². The van der Waals surface area contributed by atoms with E-state index in [1.807, 2.05) is 6.08 Å². The van der Waals surface area contributed by atoms with Gasteiger partial charge in [0.05, 0.1) is 13.4 Å². The Kier molecular flexibility index (Phi) is 5.94. The summed E-state index contributed by atoms with van der Waals surface area (Å²) < 4.78 is 4.75. The fraction of sp³-hybridized carbons (Fsp3) is 0.556. The highest BCUT2D eigenvalue weighted by atomic mass is 16.5. The predicted octanol–water partition coefficient (Wildman–Crippen LogP) is 2.89. The molecule has 0 aliphatic carbocycles. The molecule has 0 unspecified atom stereocenters. The van der Waals surface area contributed by atoms with Crippen LogP contribution in [0.15, 0.2) is 24.0 Å². The molecule has 0 aromatic heterocycles. The van der Waals surface area contributed by atoms with E-state index in [2.05, 4.69) is 19.9 Å². The van der Waals surface area contributed by atoms with Crippen molar-refractivity contribution in [2.24, 2.45) is 0 Å². The predicted molar refractivity (Wildman–Crippen MR) is 44.8 cm³/mol. The SMILES string of the molecule is COC=CCCC=C(C)C. The van der Waals surface area contributed by atoms with Gasteiger partial charge in [0.2, 0.25) is 0 Å². The zero-order chi connectivity index (χ0) is 7.82. The number of hydrogen-bond donors (Lipinski definition) is 0. The van der Waals surface area contributed by atoms with E-state index in [0.717, 1.165) is 12.8 Å². The summed E-state index contributed by atoms with van der Waals surface area (Å²) in [6, 6.07) is 0. The molecule has 1 heteroatoms. The number of hydrogen-bond acceptors (Lipinski definition) is 1. The van der Waals surface area contributed by atoms with Crippen LogP contribution in [0.1, 0.15) is 26.7 Å². The standard InChI is InChI=1S/C9H16O/c1-9(2)7-5-4-6-8-10-3/h6-8H,4-5H2,1-3H3. The summed E-state index contributed by atoms with van der Waals surface area (Å²) in [7, 11) is 1.66. The third-order valence-electron chi connectivity index (χ3n) is 1.12. The second-order valence-corrected chi connectivity index (χ2v) is 2.47. The van der Waals surface area contributed by atoms with Crippen molar-refractivity contribution in [3.05, 3.63) is 24.0 Å². The first-order chi connectivity index (χ1) is 4.77. The van der Waals surface area contributed by atoms with Crippen molar-refractivity contribution >= 4 is 0 Å². The summed E-state index contributed by atoms with van der Waals surface area (Å²) in [4.78, 5) is 0. The van der Waals surface area contributed by atoms with Crippen molar-refractivity contribution in [2.45, 2.75) is 26.7 Å². The van der Waals surface area contributed by atoms with Crippen LogP contribution < -0.4 is 0 Å². The van der Waals surface area contributed by atoms with Crippen molar-refractivity contribution in [3.63, 3.8) is 0 Å². The molecule has 0 aliphatic heterocycles. The quantitative estimate of drug-likeness (QED) is 0.331. The molecule has 0 fully saturated rings. The lowest BCUT2D eigenvalue weighted by molar-refractivity contribution is 0.336. The van der Waals surface area contributed by atoms with Gasteiger partial charge in [-0.25, -0.2) is 0 Å². The minimum absolute atomic E-state index is 1.07. The zero-order valence-corrected chi connectivity index (χ0v) is 7.05. The van der Waals surface area contributed by atoms with Gasteiger partial charge >= 0.3 is 0 Å². The normalized spacial score (nSPS) is 9.90. The maximum Gasteiger partial charge on any atom is 0.0784 e. The molecule has 0 aromatic rings. The summed E-state index contributed by atoms with van der Waals surface area (Å²) in [5.74, 6) is 0. The van der Waals surface area contributed by atoms with Crippen LogP contribution >= 0.6 is 0 Å². The van der Waals surface area contributed by atoms with Gasteiger partial charge in [0.25, 0.3) is 0 Å². The molecule has 0 aliphatic rings. The summed E-state index contributed by atoms with van der Waals surface area (Å²) in [5, 5.41) is 0. The van der Waals surface area contributed by atoms with Gasteiger partial charge in [-0.15, -0.1) is 0 Å². The minimum atomic E-state index is 1.07. The number of methoxy groups -OCH3 is 1. The lowest BCUT2D eigenvalue weighted by Crippen LogP contribution is -1.69. The first kappa shape index (κ1) is 9.28. The smallest absolute Gasteiger partial charge is 0.0784 e. The van der Waals surface area contributed by atoms with Crippen molar-refractivity contribution in [1.82, 2.24) is 0 Å². The third kappa shape index (κ3) is 7.28. The van der Waals surface area contributed by atoms with Crippen molar-refractivity contribution in [3.8, 4) is 0 Å². The van der Waals surface area contributed by atoms with E-state index >= 15 is 0 Å². The molecule has 0 spiro atoms. The maximum atomic E-state index is 4.75. The Morgan fingerprint density at radius 3 is 2.50 bits per heavy atom. The molecule has 1 nitrogen and oxygen atoms in total. The monoisotopic (exact) mass is 140 g/mol. The van der Waals surface area contributed by atoms with Crippen LogP contribution in [-0.4, -0.2) is 7.11 Å². The molecule has 0 radical (unpaired) electrons. The Morgan fingerprint density at radius 2 is 2.00 bits per heavy atom. The van der Waals surface area contributed by atoms with E-state index in [0.29, 0.717) is 0 Å². The average molecular weight is 140 g/mol. The van der Waals surface area contributed by atoms with Gasteiger partial charge in [0.1, 0.15) is 0 Å². The Balaban J connectivity index is 3.21. The molecule has 58 valence electrons. The van der Waals surface area contributed by atoms with Crippen LogP contribution in [0.4, 0.5) is 0 Å². The van der Waals surface area contributed by atoms with E-state index < -0.39 is 0 Å². The molecule has 0 saturated heterocycles. The lowest BCUT2D eigenvalue weighted by Gasteiger charge is -1.89. The number of ether oxygens (including phenoxy) is 1. The lowest BCUT2D eigenvalue weighted by atomic mass is 10.2. The fourth-order valence-electron chi connectivity index (χ4n) is 0.632. The molecule has 0 rings (SSSR count). The molecule has 0 bridgehead atoms. The summed E-state index contributed by atoms with van der Waals surface area (Å²) in [5.41, 5.74) is 1.38. The second kappa shape index (κ2) is 6.40. The summed E-state index contributed by atoms with van der Waals surface area (Å²) >= 11 is 0. The highest BCUT2D eigenvalue weighted by Gasteiger charge is 1.77. The van der Waals surface area contributed by atoms with E-state index in [9.17, 15) is 0 Å². The zero-order valence-electron chi connectivity index (χ0n) is 7.05. The molecule has 10 heavy (non-hydrogen) atoms. The van der Waals surface area contributed by atoms with E-state index in [-0.39, 0.29) is 0 Å². The van der Waals surface area contributed by atoms with Gasteiger partial charge < -0.3 is 4.74 Å². The highest BCUT2D eigenvalue weighted by Crippen LogP contribution is 1.97. The topological polar surface area (TPSA) is 9.23 Å². The molecule has 0 amide bonds. The third-order valence-corrected chi connectivity index (χ3v) is 1.12. The van der Waals surface area contributed by atoms with Crippen molar-refractivity contribution < 1.29 is 4.74 Å². The molecule has 0 saturated carbocycles. The van der Waals surface area contributed by atoms with Crippen LogP contribution in [0.25, 0.3) is 0 Å². The van der Waals surface area contributed by atoms with Crippen molar-refractivity contribution in [2.75, 3.05) is 7.11 Å². The molecule has 0 aromatic carbocycles. The molecule has 0 N–H and O–H groups in total. The van der Waals surface area contributed by atoms with Crippen LogP contribution in [0.5, 0.6) is 0 Å². The minimum Gasteiger partial charge on any atom is -0.505 e. The number of allylic oxidation sites excluding steroid dienone is 3. The maximum absolute atomic E-state index is 4.75. The van der Waals surface area contributed by atoms with Crippen LogP contribution in [-0.2, 0) is 4.74 Å². The Morgan fingerprint density at radius 1 is 1.30 bits per heavy atom. The average Bonchev–Trinajstić information content (AvgIpc) is 1.87. The molecular weight excluding hydrogens is 124 g/mol. The summed E-state index contributed by atoms with van der Waals surface area (Å²) in [6.07, 6.45) is 8.15. The molecular formula is C9H16O. The first-order valence-corrected chi connectivity index (χ1v) is 3.58. The van der Waals surface area contributed by atoms with Gasteiger partial charge in [0, 0.05) is 0 Å². The fourth-order valence-corrected chi connectivity index (χ4v) is 0.632. The van der Waals surface area contributed by atoms with Crippen LogP contribution in [0.2, 0.25) is 0 Å². The Labute approximate surface area is 63.4 Å². The van der Waals surface area contributed by atoms with Crippen LogP contribution in [0.3, 0.4) is 0 Å². The van der Waals surface area contributed by atoms with E-state index in [1.165, 1.54) is 5.57 Å². The second-order valence-electron chi connectivity index (χ2n) is 2.47. The van der Waals surface area contributed by atoms with Crippen molar-refractivity contribution in [1.29, 1.82) is 0 Å². The largest absolute Gasteiger partial charge is 0.505 e. The number of rotatable bonds is 4. The van der Waals surface area contributed by atoms with Gasteiger partial charge in [-0.2, -0.15) is 0 Å². The highest BCUT2D eigenvalue weighted by molar-refractivity contribution is 4.94. The van der Waals surface area contributed by atoms with E-state index in [1.54, 1.807) is 13.4 Å². The van der Waals surface area contributed by atoms with Crippen LogP contribution in [0, 0.1) is 0 Å². The van der Waals surface area contributed by atoms with Gasteiger partial charge in [-0.1, -0.05) is 11.6 Å². The molecule has 0 heterocycles. The number of unbranched alkanes of at least 4 members (excludes halogenated alkanes) is 1. The Hall–Kier alpha value is -0.720. The summed E-state index contributed by atoms with van der Waals surface area (Å²) in [6.45, 7) is 4.22. The first-order valence-electron chi connectivity index (χ1n) is 3.58. The van der Waals surface area contributed by atoms with Gasteiger partial charge in [-0.05, 0) is 32.8 Å². The van der Waals surface area contributed by atoms with Gasteiger partial charge in [-0.3, -0.25) is 0 Å². The van der Waals surface area contributed by atoms with E-state index in [4.69, 9.17) is 4.74 Å². The Bertz CT molecular complexity index is 119.